The Balaban J connectivity index is 1.88. The van der Waals surface area contributed by atoms with Crippen LogP contribution in [0.4, 0.5) is 0 Å². The van der Waals surface area contributed by atoms with Crippen LogP contribution in [0.1, 0.15) is 11.1 Å². The van der Waals surface area contributed by atoms with E-state index in [-0.39, 0.29) is 0 Å². The van der Waals surface area contributed by atoms with Gasteiger partial charge in [-0.15, -0.1) is 0 Å². The van der Waals surface area contributed by atoms with Crippen LogP contribution in [0.5, 0.6) is 0 Å². The van der Waals surface area contributed by atoms with Gasteiger partial charge in [-0.2, -0.15) is 0 Å². The first-order chi connectivity index (χ1) is 12.7. The lowest BCUT2D eigenvalue weighted by Gasteiger charge is -2.14. The van der Waals surface area contributed by atoms with Crippen molar-refractivity contribution in [1.29, 1.82) is 0 Å². The number of aryl methyl sites for hydroxylation is 2. The van der Waals surface area contributed by atoms with E-state index in [2.05, 4.69) is 86.6 Å². The van der Waals surface area contributed by atoms with Crippen molar-refractivity contribution in [1.82, 2.24) is 4.98 Å². The molecular formula is C25H21N. The van der Waals surface area contributed by atoms with E-state index in [0.29, 0.717) is 0 Å². The largest absolute Gasteiger partial charge is 0.256 e. The molecule has 0 amide bonds. The minimum atomic E-state index is 1.03. The van der Waals surface area contributed by atoms with Gasteiger partial charge in [-0.1, -0.05) is 72.8 Å². The molecule has 0 atom stereocenters. The Morgan fingerprint density at radius 3 is 2.00 bits per heavy atom. The van der Waals surface area contributed by atoms with Gasteiger partial charge in [0.05, 0.1) is 5.69 Å². The van der Waals surface area contributed by atoms with Gasteiger partial charge in [-0.05, 0) is 53.8 Å². The smallest absolute Gasteiger partial charge is 0.0780 e. The van der Waals surface area contributed by atoms with Crippen LogP contribution >= 0.6 is 0 Å². The van der Waals surface area contributed by atoms with Crippen LogP contribution in [0.25, 0.3) is 33.5 Å². The number of benzene rings is 3. The predicted octanol–water partition coefficient (Wildman–Crippen LogP) is 6.70. The molecule has 0 saturated carbocycles. The Morgan fingerprint density at radius 1 is 0.577 bits per heavy atom. The molecule has 1 nitrogen and oxygen atoms in total. The standard InChI is InChI=1S/C25H21N/c1-18-9-6-10-19(2)24(18)23-15-8-16-26-25(23)22-14-7-13-21(17-22)20-11-4-3-5-12-20/h3-17H,1-2H3. The lowest BCUT2D eigenvalue weighted by Crippen LogP contribution is -1.93. The van der Waals surface area contributed by atoms with Crippen LogP contribution in [0, 0.1) is 13.8 Å². The number of pyridine rings is 1. The molecule has 26 heavy (non-hydrogen) atoms. The van der Waals surface area contributed by atoms with Gasteiger partial charge in [0, 0.05) is 17.3 Å². The van der Waals surface area contributed by atoms with E-state index in [1.807, 2.05) is 18.3 Å². The molecular weight excluding hydrogens is 314 g/mol. The van der Waals surface area contributed by atoms with Gasteiger partial charge in [0.25, 0.3) is 0 Å². The first-order valence-corrected chi connectivity index (χ1v) is 8.91. The molecule has 1 heteroatoms. The van der Waals surface area contributed by atoms with Crippen LogP contribution < -0.4 is 0 Å². The fraction of sp³-hybridized carbons (Fsp3) is 0.0800. The topological polar surface area (TPSA) is 12.9 Å². The van der Waals surface area contributed by atoms with Crippen molar-refractivity contribution in [2.75, 3.05) is 0 Å². The Bertz CT molecular complexity index is 1030. The summed E-state index contributed by atoms with van der Waals surface area (Å²) >= 11 is 0. The molecule has 0 radical (unpaired) electrons. The summed E-state index contributed by atoms with van der Waals surface area (Å²) in [7, 11) is 0. The highest BCUT2D eigenvalue weighted by molar-refractivity contribution is 5.85. The Kier molecular flexibility index (Phi) is 4.37. The van der Waals surface area contributed by atoms with Crippen LogP contribution in [-0.4, -0.2) is 4.98 Å². The van der Waals surface area contributed by atoms with Crippen molar-refractivity contribution in [3.8, 4) is 33.5 Å². The third kappa shape index (κ3) is 3.04. The summed E-state index contributed by atoms with van der Waals surface area (Å²) < 4.78 is 0. The highest BCUT2D eigenvalue weighted by Gasteiger charge is 2.13. The second kappa shape index (κ2) is 6.97. The highest BCUT2D eigenvalue weighted by Crippen LogP contribution is 2.35. The summed E-state index contributed by atoms with van der Waals surface area (Å²) in [5, 5.41) is 0. The van der Waals surface area contributed by atoms with Crippen molar-refractivity contribution in [3.05, 3.63) is 102 Å². The molecule has 0 fully saturated rings. The van der Waals surface area contributed by atoms with Gasteiger partial charge in [0.15, 0.2) is 0 Å². The van der Waals surface area contributed by atoms with Gasteiger partial charge >= 0.3 is 0 Å². The Labute approximate surface area is 155 Å². The molecule has 4 rings (SSSR count). The lowest BCUT2D eigenvalue weighted by molar-refractivity contribution is 1.30. The zero-order valence-corrected chi connectivity index (χ0v) is 15.1. The third-order valence-corrected chi connectivity index (χ3v) is 4.80. The van der Waals surface area contributed by atoms with Crippen molar-refractivity contribution in [2.45, 2.75) is 13.8 Å². The van der Waals surface area contributed by atoms with E-state index in [4.69, 9.17) is 4.98 Å². The molecule has 0 saturated heterocycles. The maximum atomic E-state index is 4.74. The summed E-state index contributed by atoms with van der Waals surface area (Å²) in [4.78, 5) is 4.74. The average molecular weight is 335 g/mol. The van der Waals surface area contributed by atoms with Crippen LogP contribution in [-0.2, 0) is 0 Å². The number of aromatic nitrogens is 1. The summed E-state index contributed by atoms with van der Waals surface area (Å²) in [5.74, 6) is 0. The maximum absolute atomic E-state index is 4.74. The highest BCUT2D eigenvalue weighted by atomic mass is 14.7. The lowest BCUT2D eigenvalue weighted by atomic mass is 9.91. The molecule has 1 aromatic heterocycles. The third-order valence-electron chi connectivity index (χ3n) is 4.80. The van der Waals surface area contributed by atoms with Crippen LogP contribution in [0.15, 0.2) is 91.1 Å². The second-order valence-corrected chi connectivity index (χ2v) is 6.61. The average Bonchev–Trinajstić information content (AvgIpc) is 2.69. The maximum Gasteiger partial charge on any atom is 0.0780 e. The minimum Gasteiger partial charge on any atom is -0.256 e. The zero-order chi connectivity index (χ0) is 17.9. The Morgan fingerprint density at radius 2 is 1.23 bits per heavy atom. The number of hydrogen-bond acceptors (Lipinski definition) is 1. The molecule has 1 heterocycles. The second-order valence-electron chi connectivity index (χ2n) is 6.61. The van der Waals surface area contributed by atoms with E-state index in [0.717, 1.165) is 11.3 Å². The van der Waals surface area contributed by atoms with E-state index >= 15 is 0 Å². The molecule has 126 valence electrons. The summed E-state index contributed by atoms with van der Waals surface area (Å²) in [5.41, 5.74) is 9.62. The van der Waals surface area contributed by atoms with Crippen LogP contribution in [0.2, 0.25) is 0 Å². The Hall–Kier alpha value is -3.19. The molecule has 0 unspecified atom stereocenters. The molecule has 0 aliphatic heterocycles. The van der Waals surface area contributed by atoms with Gasteiger partial charge in [0.2, 0.25) is 0 Å². The fourth-order valence-electron chi connectivity index (χ4n) is 3.55. The summed E-state index contributed by atoms with van der Waals surface area (Å²) in [6.07, 6.45) is 1.88. The predicted molar refractivity (Wildman–Crippen MR) is 110 cm³/mol. The fourth-order valence-corrected chi connectivity index (χ4v) is 3.55. The quantitative estimate of drug-likeness (QED) is 0.406. The summed E-state index contributed by atoms with van der Waals surface area (Å²) in [6, 6.07) is 29.8. The molecule has 3 aromatic carbocycles. The minimum absolute atomic E-state index is 1.03. The van der Waals surface area contributed by atoms with Crippen molar-refractivity contribution in [3.63, 3.8) is 0 Å². The molecule has 0 bridgehead atoms. The number of nitrogens with zero attached hydrogens (tertiary/aromatic N) is 1. The zero-order valence-electron chi connectivity index (χ0n) is 15.1. The van der Waals surface area contributed by atoms with Gasteiger partial charge in [-0.3, -0.25) is 4.98 Å². The van der Waals surface area contributed by atoms with E-state index < -0.39 is 0 Å². The van der Waals surface area contributed by atoms with Gasteiger partial charge in [0.1, 0.15) is 0 Å². The van der Waals surface area contributed by atoms with Crippen LogP contribution in [0.3, 0.4) is 0 Å². The molecule has 0 N–H and O–H groups in total. The first kappa shape index (κ1) is 16.3. The first-order valence-electron chi connectivity index (χ1n) is 8.91. The van der Waals surface area contributed by atoms with Gasteiger partial charge < -0.3 is 0 Å². The molecule has 0 aliphatic carbocycles. The van der Waals surface area contributed by atoms with Crippen molar-refractivity contribution < 1.29 is 0 Å². The van der Waals surface area contributed by atoms with Crippen molar-refractivity contribution in [2.24, 2.45) is 0 Å². The van der Waals surface area contributed by atoms with Gasteiger partial charge in [-0.25, -0.2) is 0 Å². The monoisotopic (exact) mass is 335 g/mol. The number of rotatable bonds is 3. The van der Waals surface area contributed by atoms with E-state index in [1.165, 1.54) is 33.4 Å². The molecule has 0 spiro atoms. The van der Waals surface area contributed by atoms with E-state index in [9.17, 15) is 0 Å². The normalized spacial score (nSPS) is 10.7. The molecule has 4 aromatic rings. The molecule has 0 aliphatic rings. The van der Waals surface area contributed by atoms with E-state index in [1.54, 1.807) is 0 Å². The van der Waals surface area contributed by atoms with Crippen molar-refractivity contribution >= 4 is 0 Å². The summed E-state index contributed by atoms with van der Waals surface area (Å²) in [6.45, 7) is 4.33. The SMILES string of the molecule is Cc1cccc(C)c1-c1cccnc1-c1cccc(-c2ccccc2)c1. The number of hydrogen-bond donors (Lipinski definition) is 0.